The molecule has 0 radical (unpaired) electrons. The molecule has 0 aliphatic rings. The third-order valence-electron chi connectivity index (χ3n) is 3.30. The van der Waals surface area contributed by atoms with E-state index in [-0.39, 0.29) is 0 Å². The van der Waals surface area contributed by atoms with E-state index in [0.29, 0.717) is 0 Å². The van der Waals surface area contributed by atoms with E-state index in [0.717, 1.165) is 16.3 Å². The van der Waals surface area contributed by atoms with Crippen LogP contribution in [0.15, 0.2) is 36.4 Å². The maximum absolute atomic E-state index is 4.63. The zero-order valence-electron chi connectivity index (χ0n) is 11.3. The van der Waals surface area contributed by atoms with Gasteiger partial charge in [0, 0.05) is 5.69 Å². The number of benzene rings is 2. The van der Waals surface area contributed by atoms with Crippen molar-refractivity contribution in [2.45, 2.75) is 20.8 Å². The Kier molecular flexibility index (Phi) is 2.99. The van der Waals surface area contributed by atoms with E-state index in [2.05, 4.69) is 67.5 Å². The van der Waals surface area contributed by atoms with Crippen LogP contribution in [0.2, 0.25) is 0 Å². The molecule has 0 bridgehead atoms. The van der Waals surface area contributed by atoms with Gasteiger partial charge in [0.1, 0.15) is 0 Å². The monoisotopic (exact) mass is 268 g/mol. The first-order chi connectivity index (χ1) is 9.11. The van der Waals surface area contributed by atoms with Gasteiger partial charge in [-0.15, -0.1) is 0 Å². The van der Waals surface area contributed by atoms with Gasteiger partial charge in [0.15, 0.2) is 5.13 Å². The van der Waals surface area contributed by atoms with Crippen molar-refractivity contribution in [1.82, 2.24) is 4.98 Å². The minimum atomic E-state index is 0.948. The molecule has 0 saturated carbocycles. The lowest BCUT2D eigenvalue weighted by atomic mass is 10.1. The number of nitrogens with zero attached hydrogens (tertiary/aromatic N) is 1. The van der Waals surface area contributed by atoms with Gasteiger partial charge in [0.2, 0.25) is 0 Å². The second-order valence-electron chi connectivity index (χ2n) is 4.91. The molecule has 0 unspecified atom stereocenters. The molecule has 0 amide bonds. The van der Waals surface area contributed by atoms with E-state index in [1.54, 1.807) is 11.3 Å². The standard InChI is InChI=1S/C16H16N2S/c1-10-4-7-15-14(8-10)18-16(19-15)17-13-6-5-11(2)12(3)9-13/h4-9H,1-3H3,(H,17,18). The van der Waals surface area contributed by atoms with Crippen molar-refractivity contribution in [2.24, 2.45) is 0 Å². The Morgan fingerprint density at radius 2 is 1.79 bits per heavy atom. The molecule has 1 aromatic heterocycles. The SMILES string of the molecule is Cc1ccc2sc(Nc3ccc(C)c(C)c3)nc2c1. The van der Waals surface area contributed by atoms with Crippen molar-refractivity contribution in [3.63, 3.8) is 0 Å². The minimum absolute atomic E-state index is 0.948. The van der Waals surface area contributed by atoms with Crippen molar-refractivity contribution in [3.8, 4) is 0 Å². The van der Waals surface area contributed by atoms with E-state index in [1.165, 1.54) is 21.4 Å². The topological polar surface area (TPSA) is 24.9 Å². The van der Waals surface area contributed by atoms with E-state index < -0.39 is 0 Å². The summed E-state index contributed by atoms with van der Waals surface area (Å²) in [5, 5.41) is 4.34. The predicted octanol–water partition coefficient (Wildman–Crippen LogP) is 4.97. The van der Waals surface area contributed by atoms with E-state index in [1.807, 2.05) is 0 Å². The highest BCUT2D eigenvalue weighted by molar-refractivity contribution is 7.22. The summed E-state index contributed by atoms with van der Waals surface area (Å²) in [5.74, 6) is 0. The Labute approximate surface area is 117 Å². The highest BCUT2D eigenvalue weighted by Gasteiger charge is 2.04. The number of fused-ring (bicyclic) bond motifs is 1. The summed E-state index contributed by atoms with van der Waals surface area (Å²) in [6.45, 7) is 6.34. The number of thiazole rings is 1. The van der Waals surface area contributed by atoms with Gasteiger partial charge < -0.3 is 5.32 Å². The van der Waals surface area contributed by atoms with E-state index in [9.17, 15) is 0 Å². The fourth-order valence-corrected chi connectivity index (χ4v) is 2.90. The summed E-state index contributed by atoms with van der Waals surface area (Å²) in [6.07, 6.45) is 0. The molecule has 0 fully saturated rings. The van der Waals surface area contributed by atoms with Crippen molar-refractivity contribution < 1.29 is 0 Å². The minimum Gasteiger partial charge on any atom is -0.332 e. The van der Waals surface area contributed by atoms with Crippen LogP contribution in [0.1, 0.15) is 16.7 Å². The van der Waals surface area contributed by atoms with Crippen LogP contribution in [0.3, 0.4) is 0 Å². The first kappa shape index (κ1) is 12.2. The summed E-state index contributed by atoms with van der Waals surface area (Å²) in [5.41, 5.74) is 6.01. The van der Waals surface area contributed by atoms with Crippen LogP contribution in [-0.2, 0) is 0 Å². The van der Waals surface area contributed by atoms with E-state index >= 15 is 0 Å². The highest BCUT2D eigenvalue weighted by atomic mass is 32.1. The molecule has 2 aromatic carbocycles. The molecule has 3 rings (SSSR count). The zero-order valence-corrected chi connectivity index (χ0v) is 12.1. The molecule has 0 atom stereocenters. The lowest BCUT2D eigenvalue weighted by Crippen LogP contribution is -1.90. The summed E-state index contributed by atoms with van der Waals surface area (Å²) in [4.78, 5) is 4.63. The number of aryl methyl sites for hydroxylation is 3. The van der Waals surface area contributed by atoms with Crippen LogP contribution >= 0.6 is 11.3 Å². The van der Waals surface area contributed by atoms with Crippen LogP contribution in [0.5, 0.6) is 0 Å². The Morgan fingerprint density at radius 1 is 0.947 bits per heavy atom. The lowest BCUT2D eigenvalue weighted by Gasteiger charge is -2.05. The lowest BCUT2D eigenvalue weighted by molar-refractivity contribution is 1.33. The molecule has 19 heavy (non-hydrogen) atoms. The molecular formula is C16H16N2S. The number of nitrogens with one attached hydrogen (secondary N) is 1. The van der Waals surface area contributed by atoms with Gasteiger partial charge in [-0.2, -0.15) is 0 Å². The first-order valence-corrected chi connectivity index (χ1v) is 7.15. The van der Waals surface area contributed by atoms with Gasteiger partial charge >= 0.3 is 0 Å². The summed E-state index contributed by atoms with van der Waals surface area (Å²) < 4.78 is 1.22. The Bertz CT molecular complexity index is 744. The van der Waals surface area contributed by atoms with Gasteiger partial charge in [-0.3, -0.25) is 0 Å². The number of aromatic nitrogens is 1. The molecule has 0 aliphatic carbocycles. The first-order valence-electron chi connectivity index (χ1n) is 6.33. The van der Waals surface area contributed by atoms with Crippen molar-refractivity contribution >= 4 is 32.4 Å². The predicted molar refractivity (Wildman–Crippen MR) is 83.6 cm³/mol. The molecule has 1 N–H and O–H groups in total. The van der Waals surface area contributed by atoms with Crippen LogP contribution in [0, 0.1) is 20.8 Å². The second-order valence-corrected chi connectivity index (χ2v) is 5.94. The van der Waals surface area contributed by atoms with Crippen LogP contribution in [-0.4, -0.2) is 4.98 Å². The summed E-state index contributed by atoms with van der Waals surface area (Å²) >= 11 is 1.69. The fourth-order valence-electron chi connectivity index (χ4n) is 2.03. The zero-order chi connectivity index (χ0) is 13.4. The van der Waals surface area contributed by atoms with Crippen molar-refractivity contribution in [1.29, 1.82) is 0 Å². The quantitative estimate of drug-likeness (QED) is 0.710. The largest absolute Gasteiger partial charge is 0.332 e. The molecule has 96 valence electrons. The summed E-state index contributed by atoms with van der Waals surface area (Å²) in [7, 11) is 0. The smallest absolute Gasteiger partial charge is 0.188 e. The van der Waals surface area contributed by atoms with Gasteiger partial charge in [0.25, 0.3) is 0 Å². The molecule has 0 saturated heterocycles. The van der Waals surface area contributed by atoms with Gasteiger partial charge in [-0.1, -0.05) is 23.5 Å². The van der Waals surface area contributed by atoms with Gasteiger partial charge in [-0.05, 0) is 61.7 Å². The molecule has 1 heterocycles. The normalized spacial score (nSPS) is 10.9. The Hall–Kier alpha value is -1.87. The maximum Gasteiger partial charge on any atom is 0.188 e. The number of rotatable bonds is 2. The maximum atomic E-state index is 4.63. The molecule has 3 aromatic rings. The average molecular weight is 268 g/mol. The molecule has 0 aliphatic heterocycles. The Balaban J connectivity index is 1.94. The van der Waals surface area contributed by atoms with Crippen LogP contribution < -0.4 is 5.32 Å². The van der Waals surface area contributed by atoms with Crippen molar-refractivity contribution in [3.05, 3.63) is 53.1 Å². The molecule has 2 nitrogen and oxygen atoms in total. The van der Waals surface area contributed by atoms with E-state index in [4.69, 9.17) is 0 Å². The number of anilines is 2. The second kappa shape index (κ2) is 4.67. The molecular weight excluding hydrogens is 252 g/mol. The number of hydrogen-bond acceptors (Lipinski definition) is 3. The third-order valence-corrected chi connectivity index (χ3v) is 4.25. The van der Waals surface area contributed by atoms with Crippen LogP contribution in [0.25, 0.3) is 10.2 Å². The van der Waals surface area contributed by atoms with Crippen molar-refractivity contribution in [2.75, 3.05) is 5.32 Å². The molecule has 3 heteroatoms. The molecule has 0 spiro atoms. The average Bonchev–Trinajstić information content (AvgIpc) is 2.75. The summed E-state index contributed by atoms with van der Waals surface area (Å²) in [6, 6.07) is 12.8. The van der Waals surface area contributed by atoms with Gasteiger partial charge in [-0.25, -0.2) is 4.98 Å². The Morgan fingerprint density at radius 3 is 2.58 bits per heavy atom. The van der Waals surface area contributed by atoms with Crippen LogP contribution in [0.4, 0.5) is 10.8 Å². The number of hydrogen-bond donors (Lipinski definition) is 1. The third kappa shape index (κ3) is 2.47. The van der Waals surface area contributed by atoms with Gasteiger partial charge in [0.05, 0.1) is 10.2 Å². The fraction of sp³-hybridized carbons (Fsp3) is 0.188. The highest BCUT2D eigenvalue weighted by Crippen LogP contribution is 2.29.